The number of pyridine rings is 1. The van der Waals surface area contributed by atoms with Crippen LogP contribution in [-0.2, 0) is 21.3 Å². The number of ether oxygens (including phenoxy) is 2. The Bertz CT molecular complexity index is 909. The second-order valence-electron chi connectivity index (χ2n) is 9.32. The molecule has 31 heavy (non-hydrogen) atoms. The maximum Gasteiger partial charge on any atom is 0.141 e. The Labute approximate surface area is 182 Å². The van der Waals surface area contributed by atoms with Crippen molar-refractivity contribution in [3.8, 4) is 0 Å². The topological polar surface area (TPSA) is 43.4 Å². The molecule has 5 rings (SSSR count). The van der Waals surface area contributed by atoms with E-state index in [1.807, 2.05) is 12.1 Å². The van der Waals surface area contributed by atoms with E-state index >= 15 is 0 Å². The number of benzene rings is 1. The number of hydrogen-bond acceptors (Lipinski definition) is 4. The van der Waals surface area contributed by atoms with E-state index in [4.69, 9.17) is 9.47 Å². The van der Waals surface area contributed by atoms with Crippen LogP contribution in [0.1, 0.15) is 61.4 Å². The highest BCUT2D eigenvalue weighted by Gasteiger charge is 2.48. The van der Waals surface area contributed by atoms with E-state index in [0.29, 0.717) is 6.61 Å². The first-order valence-corrected chi connectivity index (χ1v) is 11.4. The number of fused-ring (bicyclic) bond motifs is 1. The van der Waals surface area contributed by atoms with Crippen molar-refractivity contribution in [2.75, 3.05) is 26.4 Å². The first kappa shape index (κ1) is 21.0. The van der Waals surface area contributed by atoms with Gasteiger partial charge in [-0.3, -0.25) is 4.98 Å². The van der Waals surface area contributed by atoms with Crippen LogP contribution < -0.4 is 5.32 Å². The fourth-order valence-corrected chi connectivity index (χ4v) is 5.84. The van der Waals surface area contributed by atoms with E-state index in [1.165, 1.54) is 12.3 Å². The summed E-state index contributed by atoms with van der Waals surface area (Å²) in [7, 11) is 0. The Balaban J connectivity index is 1.35. The van der Waals surface area contributed by atoms with E-state index in [9.17, 15) is 8.78 Å². The van der Waals surface area contributed by atoms with Crippen LogP contribution in [0.25, 0.3) is 0 Å². The van der Waals surface area contributed by atoms with Crippen LogP contribution in [0.4, 0.5) is 8.78 Å². The fourth-order valence-electron chi connectivity index (χ4n) is 5.84. The number of nitrogens with zero attached hydrogens (tertiary/aromatic N) is 1. The molecule has 1 aromatic carbocycles. The summed E-state index contributed by atoms with van der Waals surface area (Å²) in [6, 6.07) is 8.91. The van der Waals surface area contributed by atoms with E-state index in [0.717, 1.165) is 81.5 Å². The number of rotatable bonds is 5. The quantitative estimate of drug-likeness (QED) is 0.755. The summed E-state index contributed by atoms with van der Waals surface area (Å²) in [5.74, 6) is -0.408. The average Bonchev–Trinajstić information content (AvgIpc) is 3.19. The van der Waals surface area contributed by atoms with Gasteiger partial charge in [0.2, 0.25) is 0 Å². The van der Waals surface area contributed by atoms with Gasteiger partial charge in [0.25, 0.3) is 0 Å². The van der Waals surface area contributed by atoms with E-state index < -0.39 is 0 Å². The third-order valence-corrected chi connectivity index (χ3v) is 7.53. The molecule has 0 saturated carbocycles. The van der Waals surface area contributed by atoms with Gasteiger partial charge in [0.05, 0.1) is 11.8 Å². The van der Waals surface area contributed by atoms with E-state index in [-0.39, 0.29) is 28.7 Å². The van der Waals surface area contributed by atoms with Gasteiger partial charge < -0.3 is 14.8 Å². The van der Waals surface area contributed by atoms with Crippen LogP contribution >= 0.6 is 0 Å². The van der Waals surface area contributed by atoms with Crippen molar-refractivity contribution in [3.05, 3.63) is 65.0 Å². The summed E-state index contributed by atoms with van der Waals surface area (Å²) in [6.07, 6.45) is 7.43. The van der Waals surface area contributed by atoms with Crippen molar-refractivity contribution in [3.63, 3.8) is 0 Å². The highest BCUT2D eigenvalue weighted by molar-refractivity contribution is 5.35. The molecular formula is C25H30F2N2O2. The molecule has 2 aromatic rings. The summed E-state index contributed by atoms with van der Waals surface area (Å²) in [4.78, 5) is 4.51. The second-order valence-corrected chi connectivity index (χ2v) is 9.32. The standard InChI is InChI=1S/C25H30F2N2O2/c26-18-4-7-23(29-16-18)24(9-15-31-25(17-24)10-13-30-14-11-25)8-12-28-22-6-5-19-20(22)2-1-3-21(19)27/h1-4,7,16,22,28H,5-6,8-15,17H2/t22-,24+/m0/s1. The van der Waals surface area contributed by atoms with Crippen molar-refractivity contribution in [1.29, 1.82) is 0 Å². The van der Waals surface area contributed by atoms with Gasteiger partial charge in [0, 0.05) is 37.0 Å². The van der Waals surface area contributed by atoms with E-state index in [2.05, 4.69) is 10.3 Å². The molecule has 4 nitrogen and oxygen atoms in total. The summed E-state index contributed by atoms with van der Waals surface area (Å²) in [5.41, 5.74) is 2.53. The molecule has 166 valence electrons. The molecule has 1 N–H and O–H groups in total. The van der Waals surface area contributed by atoms with Crippen LogP contribution in [0.2, 0.25) is 0 Å². The maximum absolute atomic E-state index is 14.1. The summed E-state index contributed by atoms with van der Waals surface area (Å²) < 4.78 is 39.6. The van der Waals surface area contributed by atoms with Crippen molar-refractivity contribution < 1.29 is 18.3 Å². The lowest BCUT2D eigenvalue weighted by atomic mass is 9.66. The largest absolute Gasteiger partial charge is 0.381 e. The van der Waals surface area contributed by atoms with Gasteiger partial charge in [-0.1, -0.05) is 12.1 Å². The average molecular weight is 429 g/mol. The lowest BCUT2D eigenvalue weighted by Gasteiger charge is -2.49. The minimum atomic E-state index is -0.311. The molecule has 0 bridgehead atoms. The Morgan fingerprint density at radius 3 is 2.74 bits per heavy atom. The lowest BCUT2D eigenvalue weighted by molar-refractivity contribution is -0.154. The molecule has 2 aliphatic heterocycles. The van der Waals surface area contributed by atoms with Gasteiger partial charge in [0.1, 0.15) is 11.6 Å². The Morgan fingerprint density at radius 1 is 1.06 bits per heavy atom. The van der Waals surface area contributed by atoms with Crippen molar-refractivity contribution in [2.45, 2.75) is 62.0 Å². The second kappa shape index (κ2) is 8.57. The highest BCUT2D eigenvalue weighted by atomic mass is 19.1. The number of hydrogen-bond donors (Lipinski definition) is 1. The predicted octanol–water partition coefficient (Wildman–Crippen LogP) is 4.62. The maximum atomic E-state index is 14.1. The predicted molar refractivity (Wildman–Crippen MR) is 114 cm³/mol. The lowest BCUT2D eigenvalue weighted by Crippen LogP contribution is -2.51. The van der Waals surface area contributed by atoms with Gasteiger partial charge >= 0.3 is 0 Å². The molecule has 3 aliphatic rings. The van der Waals surface area contributed by atoms with Gasteiger partial charge in [0.15, 0.2) is 0 Å². The molecule has 0 unspecified atom stereocenters. The highest BCUT2D eigenvalue weighted by Crippen LogP contribution is 2.47. The Hall–Kier alpha value is -1.89. The smallest absolute Gasteiger partial charge is 0.141 e. The molecule has 1 spiro atoms. The van der Waals surface area contributed by atoms with Crippen LogP contribution in [0.3, 0.4) is 0 Å². The minimum absolute atomic E-state index is 0.0975. The summed E-state index contributed by atoms with van der Waals surface area (Å²) >= 11 is 0. The zero-order chi connectivity index (χ0) is 21.3. The monoisotopic (exact) mass is 428 g/mol. The third-order valence-electron chi connectivity index (χ3n) is 7.53. The molecular weight excluding hydrogens is 398 g/mol. The van der Waals surface area contributed by atoms with Gasteiger partial charge in [-0.25, -0.2) is 8.78 Å². The molecule has 0 radical (unpaired) electrons. The first-order valence-electron chi connectivity index (χ1n) is 11.4. The third kappa shape index (κ3) is 4.13. The molecule has 1 aliphatic carbocycles. The summed E-state index contributed by atoms with van der Waals surface area (Å²) in [5, 5.41) is 3.68. The van der Waals surface area contributed by atoms with Gasteiger partial charge in [-0.05, 0) is 80.8 Å². The van der Waals surface area contributed by atoms with Crippen LogP contribution in [0.5, 0.6) is 0 Å². The van der Waals surface area contributed by atoms with E-state index in [1.54, 1.807) is 12.1 Å². The normalized spacial score (nSPS) is 27.4. The number of aromatic nitrogens is 1. The molecule has 1 aromatic heterocycles. The zero-order valence-electron chi connectivity index (χ0n) is 17.8. The van der Waals surface area contributed by atoms with Gasteiger partial charge in [-0.15, -0.1) is 0 Å². The Morgan fingerprint density at radius 2 is 1.94 bits per heavy atom. The van der Waals surface area contributed by atoms with Crippen LogP contribution in [0.15, 0.2) is 36.5 Å². The number of nitrogens with one attached hydrogen (secondary N) is 1. The zero-order valence-corrected chi connectivity index (χ0v) is 17.8. The molecule has 6 heteroatoms. The fraction of sp³-hybridized carbons (Fsp3) is 0.560. The Kier molecular flexibility index (Phi) is 5.80. The van der Waals surface area contributed by atoms with Crippen molar-refractivity contribution >= 4 is 0 Å². The first-order chi connectivity index (χ1) is 15.1. The van der Waals surface area contributed by atoms with Crippen molar-refractivity contribution in [1.82, 2.24) is 10.3 Å². The molecule has 2 atom stereocenters. The minimum Gasteiger partial charge on any atom is -0.381 e. The SMILES string of the molecule is Fc1ccc([C@]2(CCN[C@H]3CCc4c(F)cccc43)CCOC3(CCOCC3)C2)nc1. The van der Waals surface area contributed by atoms with Gasteiger partial charge in [-0.2, -0.15) is 0 Å². The molecule has 3 heterocycles. The molecule has 2 fully saturated rings. The van der Waals surface area contributed by atoms with Crippen molar-refractivity contribution in [2.24, 2.45) is 0 Å². The molecule has 0 amide bonds. The molecule has 2 saturated heterocycles. The van der Waals surface area contributed by atoms with Crippen LogP contribution in [0, 0.1) is 11.6 Å². The van der Waals surface area contributed by atoms with Crippen LogP contribution in [-0.4, -0.2) is 37.0 Å². The summed E-state index contributed by atoms with van der Waals surface area (Å²) in [6.45, 7) is 2.91. The number of halogens is 2.